The minimum Gasteiger partial charge on any atom is -0.437 e. The van der Waals surface area contributed by atoms with E-state index >= 15 is 0 Å². The Bertz CT molecular complexity index is 1320. The Labute approximate surface area is 250 Å². The van der Waals surface area contributed by atoms with E-state index in [1.54, 1.807) is 11.0 Å². The van der Waals surface area contributed by atoms with Gasteiger partial charge < -0.3 is 29.7 Å². The lowest BCUT2D eigenvalue weighted by atomic mass is 9.98. The van der Waals surface area contributed by atoms with Crippen molar-refractivity contribution in [1.29, 1.82) is 0 Å². The fourth-order valence-corrected chi connectivity index (χ4v) is 6.93. The topological polar surface area (TPSA) is 99.5 Å². The number of benzene rings is 3. The molecule has 1 heterocycles. The van der Waals surface area contributed by atoms with Crippen LogP contribution in [-0.4, -0.2) is 69.2 Å². The molecule has 228 valence electrons. The van der Waals surface area contributed by atoms with Gasteiger partial charge in [-0.2, -0.15) is 13.2 Å². The Hall–Kier alpha value is -2.48. The molecule has 3 aromatic carbocycles. The van der Waals surface area contributed by atoms with Crippen molar-refractivity contribution in [1.82, 2.24) is 4.90 Å². The molecular formula is C30H34F3NO6S2. The number of aliphatic hydroxyl groups is 3. The fraction of sp³-hybridized carbons (Fsp3) is 0.433. The highest BCUT2D eigenvalue weighted by Crippen LogP contribution is 2.36. The maximum absolute atomic E-state index is 13.4. The molecule has 1 unspecified atom stereocenters. The van der Waals surface area contributed by atoms with E-state index in [9.17, 15) is 33.3 Å². The molecule has 1 saturated heterocycles. The summed E-state index contributed by atoms with van der Waals surface area (Å²) in [5, 5.41) is 31.3. The van der Waals surface area contributed by atoms with Crippen LogP contribution in [0.4, 0.5) is 18.0 Å². The fourth-order valence-electron chi connectivity index (χ4n) is 4.97. The van der Waals surface area contributed by atoms with Crippen molar-refractivity contribution in [2.75, 3.05) is 19.1 Å². The van der Waals surface area contributed by atoms with E-state index in [-0.39, 0.29) is 24.9 Å². The first-order valence-corrected chi connectivity index (χ1v) is 15.9. The molecule has 0 spiro atoms. The number of hydrogen-bond donors (Lipinski definition) is 3. The van der Waals surface area contributed by atoms with Gasteiger partial charge in [-0.05, 0) is 58.5 Å². The first-order chi connectivity index (χ1) is 20.1. The molecule has 12 heteroatoms. The first kappa shape index (κ1) is 32.4. The van der Waals surface area contributed by atoms with Crippen molar-refractivity contribution in [2.45, 2.75) is 62.2 Å². The molecule has 0 bridgehead atoms. The number of hydrogen-bond acceptors (Lipinski definition) is 8. The summed E-state index contributed by atoms with van der Waals surface area (Å²) < 4.78 is 50.7. The highest BCUT2D eigenvalue weighted by molar-refractivity contribution is 8.76. The van der Waals surface area contributed by atoms with E-state index in [1.807, 2.05) is 49.4 Å². The number of fused-ring (bicyclic) bond motifs is 1. The van der Waals surface area contributed by atoms with Gasteiger partial charge in [0.1, 0.15) is 23.6 Å². The molecule has 1 aliphatic heterocycles. The lowest BCUT2D eigenvalue weighted by molar-refractivity contribution is -0.156. The molecule has 5 atom stereocenters. The van der Waals surface area contributed by atoms with Crippen molar-refractivity contribution in [3.8, 4) is 0 Å². The van der Waals surface area contributed by atoms with Crippen molar-refractivity contribution < 1.29 is 42.8 Å². The van der Waals surface area contributed by atoms with E-state index in [4.69, 9.17) is 9.47 Å². The molecule has 0 aliphatic carbocycles. The van der Waals surface area contributed by atoms with Crippen LogP contribution >= 0.6 is 21.6 Å². The van der Waals surface area contributed by atoms with E-state index in [1.165, 1.54) is 27.7 Å². The predicted molar refractivity (Wildman–Crippen MR) is 158 cm³/mol. The van der Waals surface area contributed by atoms with Gasteiger partial charge in [-0.25, -0.2) is 4.79 Å². The Morgan fingerprint density at radius 2 is 1.86 bits per heavy atom. The standard InChI is InChI=1S/C30H34F3NO6S2/c1-19(23-13-5-10-21-9-2-3-12-24(21)23)34(14-6-8-20-7-4-11-22(15-20)30(31,32)33)29(38)39-18-41-42-27-16-25(36)28(37)26(17-35)40-27/h2-5,7,9-13,15,19,25-28,35-37H,6,8,14,16-18H2,1H3/t19?,25-,26-,27+,28+/m1/s1. The quantitative estimate of drug-likeness (QED) is 0.132. The van der Waals surface area contributed by atoms with Crippen molar-refractivity contribution >= 4 is 38.5 Å². The van der Waals surface area contributed by atoms with Crippen LogP contribution < -0.4 is 0 Å². The minimum atomic E-state index is -4.43. The molecule has 1 fully saturated rings. The number of aliphatic hydroxyl groups excluding tert-OH is 3. The highest BCUT2D eigenvalue weighted by atomic mass is 33.1. The summed E-state index contributed by atoms with van der Waals surface area (Å²) in [5.74, 6) is -0.0296. The van der Waals surface area contributed by atoms with E-state index in [0.717, 1.165) is 28.5 Å². The predicted octanol–water partition coefficient (Wildman–Crippen LogP) is 6.16. The summed E-state index contributed by atoms with van der Waals surface area (Å²) >= 11 is 0. The van der Waals surface area contributed by atoms with E-state index < -0.39 is 48.2 Å². The number of carbonyl (C=O) groups excluding carboxylic acids is 1. The van der Waals surface area contributed by atoms with E-state index in [2.05, 4.69) is 0 Å². The third kappa shape index (κ3) is 8.33. The summed E-state index contributed by atoms with van der Waals surface area (Å²) in [6.45, 7) is 1.72. The second-order valence-corrected chi connectivity index (χ2v) is 12.5. The van der Waals surface area contributed by atoms with Gasteiger partial charge in [-0.15, -0.1) is 0 Å². The van der Waals surface area contributed by atoms with Crippen molar-refractivity contribution in [3.05, 3.63) is 83.4 Å². The molecule has 1 amide bonds. The minimum absolute atomic E-state index is 0.0296. The monoisotopic (exact) mass is 625 g/mol. The number of amides is 1. The molecule has 3 aromatic rings. The van der Waals surface area contributed by atoms with Crippen LogP contribution in [-0.2, 0) is 22.1 Å². The molecule has 4 rings (SSSR count). The van der Waals surface area contributed by atoms with Gasteiger partial charge in [0.15, 0.2) is 0 Å². The number of alkyl halides is 3. The van der Waals surface area contributed by atoms with Crippen molar-refractivity contribution in [2.24, 2.45) is 0 Å². The first-order valence-electron chi connectivity index (χ1n) is 13.6. The molecule has 0 saturated carbocycles. The Balaban J connectivity index is 1.41. The maximum atomic E-state index is 13.4. The lowest BCUT2D eigenvalue weighted by Gasteiger charge is -2.35. The van der Waals surface area contributed by atoms with Crippen molar-refractivity contribution in [3.63, 3.8) is 0 Å². The average molecular weight is 626 g/mol. The van der Waals surface area contributed by atoms with Gasteiger partial charge in [0.25, 0.3) is 0 Å². The van der Waals surface area contributed by atoms with Crippen LogP contribution in [0.3, 0.4) is 0 Å². The smallest absolute Gasteiger partial charge is 0.416 e. The summed E-state index contributed by atoms with van der Waals surface area (Å²) in [4.78, 5) is 14.9. The van der Waals surface area contributed by atoms with Gasteiger partial charge in [0, 0.05) is 13.0 Å². The maximum Gasteiger partial charge on any atom is 0.416 e. The molecular weight excluding hydrogens is 591 g/mol. The summed E-state index contributed by atoms with van der Waals surface area (Å²) in [5.41, 5.74) is 0.236. The number of nitrogens with zero attached hydrogens (tertiary/aromatic N) is 1. The zero-order valence-electron chi connectivity index (χ0n) is 22.9. The van der Waals surface area contributed by atoms with Gasteiger partial charge in [-0.3, -0.25) is 0 Å². The third-order valence-corrected chi connectivity index (χ3v) is 9.42. The third-order valence-electron chi connectivity index (χ3n) is 7.22. The molecule has 0 radical (unpaired) electrons. The number of ether oxygens (including phenoxy) is 2. The number of aryl methyl sites for hydroxylation is 1. The molecule has 0 aromatic heterocycles. The van der Waals surface area contributed by atoms with Crippen LogP contribution in [0, 0.1) is 0 Å². The summed E-state index contributed by atoms with van der Waals surface area (Å²) in [6, 6.07) is 18.5. The molecule has 7 nitrogen and oxygen atoms in total. The zero-order valence-corrected chi connectivity index (χ0v) is 24.6. The van der Waals surface area contributed by atoms with Gasteiger partial charge in [0.2, 0.25) is 0 Å². The van der Waals surface area contributed by atoms with Crippen LogP contribution in [0.5, 0.6) is 0 Å². The van der Waals surface area contributed by atoms with Crippen LogP contribution in [0.1, 0.15) is 42.5 Å². The van der Waals surface area contributed by atoms with Crippen LogP contribution in [0.2, 0.25) is 0 Å². The SMILES string of the molecule is CC(c1cccc2ccccc12)N(CCCc1cccc(C(F)(F)F)c1)C(=O)OCSS[C@H]1C[C@@H](O)[C@H](O)[C@@H](CO)O1. The number of carbonyl (C=O) groups is 1. The zero-order chi connectivity index (χ0) is 30.3. The highest BCUT2D eigenvalue weighted by Gasteiger charge is 2.37. The Morgan fingerprint density at radius 1 is 1.12 bits per heavy atom. The molecule has 42 heavy (non-hydrogen) atoms. The van der Waals surface area contributed by atoms with E-state index in [0.29, 0.717) is 18.4 Å². The summed E-state index contributed by atoms with van der Waals surface area (Å²) in [6.07, 6.45) is -7.18. The Morgan fingerprint density at radius 3 is 2.62 bits per heavy atom. The van der Waals surface area contributed by atoms with Crippen LogP contribution in [0.15, 0.2) is 66.7 Å². The average Bonchev–Trinajstić information content (AvgIpc) is 2.98. The largest absolute Gasteiger partial charge is 0.437 e. The second-order valence-electron chi connectivity index (χ2n) is 10.1. The molecule has 1 aliphatic rings. The summed E-state index contributed by atoms with van der Waals surface area (Å²) in [7, 11) is 2.42. The van der Waals surface area contributed by atoms with Crippen LogP contribution in [0.25, 0.3) is 10.8 Å². The lowest BCUT2D eigenvalue weighted by Crippen LogP contribution is -2.48. The second kappa shape index (κ2) is 14.8. The molecule has 3 N–H and O–H groups in total. The Kier molecular flexibility index (Phi) is 11.4. The van der Waals surface area contributed by atoms with Gasteiger partial charge in [-0.1, -0.05) is 71.5 Å². The normalized spacial score (nSPS) is 21.7. The van der Waals surface area contributed by atoms with Gasteiger partial charge in [0.05, 0.1) is 24.3 Å². The van der Waals surface area contributed by atoms with Gasteiger partial charge >= 0.3 is 12.3 Å². The number of rotatable bonds is 11. The number of halogens is 3.